The van der Waals surface area contributed by atoms with Crippen LogP contribution in [0.25, 0.3) is 22.3 Å². The topological polar surface area (TPSA) is 48.0 Å². The van der Waals surface area contributed by atoms with Crippen LogP contribution in [0.2, 0.25) is 0 Å². The van der Waals surface area contributed by atoms with E-state index in [0.717, 1.165) is 22.9 Å². The molecule has 0 aliphatic heterocycles. The lowest BCUT2D eigenvalue weighted by atomic mass is 10.1. The summed E-state index contributed by atoms with van der Waals surface area (Å²) in [5.74, 6) is -4.30. The Balaban J connectivity index is 2.17. The minimum Gasteiger partial charge on any atom is -0.300 e. The molecule has 3 aromatic rings. The van der Waals surface area contributed by atoms with Crippen LogP contribution in [-0.4, -0.2) is 34.5 Å². The van der Waals surface area contributed by atoms with Gasteiger partial charge >= 0.3 is 12.1 Å². The van der Waals surface area contributed by atoms with Crippen molar-refractivity contribution in [2.45, 2.75) is 30.5 Å². The van der Waals surface area contributed by atoms with Gasteiger partial charge in [-0.25, -0.2) is 4.98 Å². The molecule has 0 unspecified atom stereocenters. The van der Waals surface area contributed by atoms with E-state index in [0.29, 0.717) is 16.0 Å². The fourth-order valence-corrected chi connectivity index (χ4v) is 3.72. The Labute approximate surface area is 172 Å². The lowest BCUT2D eigenvalue weighted by molar-refractivity contribution is -0.878. The first-order chi connectivity index (χ1) is 14.1. The summed E-state index contributed by atoms with van der Waals surface area (Å²) in [6, 6.07) is 7.47. The highest BCUT2D eigenvalue weighted by Crippen LogP contribution is 2.37. The van der Waals surface area contributed by atoms with Crippen LogP contribution in [0.1, 0.15) is 6.92 Å². The van der Waals surface area contributed by atoms with Gasteiger partial charge in [0.05, 0.1) is 23.2 Å². The molecule has 11 heteroatoms. The average molecular weight is 446 g/mol. The van der Waals surface area contributed by atoms with Gasteiger partial charge in [-0.3, -0.25) is 9.63 Å². The molecule has 0 aliphatic rings. The Hall–Kier alpha value is -2.69. The Bertz CT molecular complexity index is 1130. The van der Waals surface area contributed by atoms with Gasteiger partial charge in [0.2, 0.25) is 6.20 Å². The summed E-state index contributed by atoms with van der Waals surface area (Å²) in [6.07, 6.45) is -3.00. The molecule has 0 spiro atoms. The van der Waals surface area contributed by atoms with Crippen molar-refractivity contribution < 1.29 is 31.5 Å². The molecule has 0 saturated carbocycles. The summed E-state index contributed by atoms with van der Waals surface area (Å²) >= 11 is 1.53. The van der Waals surface area contributed by atoms with Crippen LogP contribution in [0.15, 0.2) is 52.4 Å². The molecule has 0 radical (unpaired) electrons. The summed E-state index contributed by atoms with van der Waals surface area (Å²) in [4.78, 5) is 22.4. The van der Waals surface area contributed by atoms with E-state index in [9.17, 15) is 26.7 Å². The van der Waals surface area contributed by atoms with Crippen molar-refractivity contribution in [1.82, 2.24) is 9.55 Å². The van der Waals surface area contributed by atoms with Crippen molar-refractivity contribution in [3.05, 3.63) is 53.1 Å². The predicted molar refractivity (Wildman–Crippen MR) is 102 cm³/mol. The molecule has 160 valence electrons. The van der Waals surface area contributed by atoms with Crippen LogP contribution in [0, 0.1) is 0 Å². The minimum absolute atomic E-state index is 0.125. The lowest BCUT2D eigenvalue weighted by Gasteiger charge is -2.21. The van der Waals surface area contributed by atoms with Crippen molar-refractivity contribution in [2.75, 3.05) is 12.9 Å². The first kappa shape index (κ1) is 22.0. The summed E-state index contributed by atoms with van der Waals surface area (Å²) in [7, 11) is 1.46. The molecule has 0 saturated heterocycles. The number of rotatable bonds is 6. The number of pyridine rings is 3. The molecule has 0 aliphatic carbocycles. The second kappa shape index (κ2) is 8.21. The number of hydrogen-bond donors (Lipinski definition) is 0. The van der Waals surface area contributed by atoms with Crippen LogP contribution >= 0.6 is 11.8 Å². The smallest absolute Gasteiger partial charge is 0.300 e. The molecule has 0 aromatic carbocycles. The Morgan fingerprint density at radius 3 is 2.57 bits per heavy atom. The molecule has 5 nitrogen and oxygen atoms in total. The van der Waals surface area contributed by atoms with Crippen molar-refractivity contribution >= 4 is 22.7 Å². The number of thioether (sulfide) groups is 1. The van der Waals surface area contributed by atoms with E-state index < -0.39 is 24.2 Å². The van der Waals surface area contributed by atoms with Gasteiger partial charge in [-0.2, -0.15) is 22.0 Å². The molecule has 30 heavy (non-hydrogen) atoms. The molecular weight excluding hydrogens is 429 g/mol. The third-order valence-electron chi connectivity index (χ3n) is 4.31. The van der Waals surface area contributed by atoms with Gasteiger partial charge in [-0.1, -0.05) is 6.92 Å². The maximum absolute atomic E-state index is 13.6. The van der Waals surface area contributed by atoms with E-state index in [2.05, 4.69) is 4.98 Å². The SMILES string of the molecule is CCSc1ccc[n+](OC)c1-c1cc2ccc(=O)n(CC(F)(F)C(F)(F)F)c2cn1. The third kappa shape index (κ3) is 4.11. The van der Waals surface area contributed by atoms with E-state index in [1.54, 1.807) is 12.3 Å². The predicted octanol–water partition coefficient (Wildman–Crippen LogP) is 3.72. The van der Waals surface area contributed by atoms with Gasteiger partial charge in [0.15, 0.2) is 0 Å². The van der Waals surface area contributed by atoms with Gasteiger partial charge in [0.1, 0.15) is 12.8 Å². The lowest BCUT2D eigenvalue weighted by Crippen LogP contribution is -2.43. The molecule has 3 heterocycles. The molecule has 0 fully saturated rings. The standard InChI is InChI=1S/C19H17F5N3O2S/c1-3-30-15-5-4-8-27(29-2)17(15)13-9-12-6-7-16(28)26(14(12)10-25-13)11-18(20,21)19(22,23)24/h4-10H,3,11H2,1-2H3/q+1. The van der Waals surface area contributed by atoms with Crippen LogP contribution < -0.4 is 15.1 Å². The number of aromatic nitrogens is 3. The average Bonchev–Trinajstić information content (AvgIpc) is 2.69. The monoisotopic (exact) mass is 446 g/mol. The maximum Gasteiger partial charge on any atom is 0.455 e. The van der Waals surface area contributed by atoms with Gasteiger partial charge in [0.25, 0.3) is 11.3 Å². The summed E-state index contributed by atoms with van der Waals surface area (Å²) in [6.45, 7) is 0.139. The van der Waals surface area contributed by atoms with Crippen molar-refractivity contribution in [3.63, 3.8) is 0 Å². The second-order valence-electron chi connectivity index (χ2n) is 6.25. The molecule has 0 bridgehead atoms. The van der Waals surface area contributed by atoms with Crippen LogP contribution in [-0.2, 0) is 6.54 Å². The van der Waals surface area contributed by atoms with Crippen molar-refractivity contribution in [2.24, 2.45) is 0 Å². The maximum atomic E-state index is 13.6. The normalized spacial score (nSPS) is 12.4. The number of hydrogen-bond acceptors (Lipinski definition) is 4. The minimum atomic E-state index is -5.78. The zero-order valence-corrected chi connectivity index (χ0v) is 16.7. The number of nitrogens with zero attached hydrogens (tertiary/aromatic N) is 3. The number of fused-ring (bicyclic) bond motifs is 1. The molecular formula is C19H17F5N3O2S+. The van der Waals surface area contributed by atoms with E-state index in [1.165, 1.54) is 35.7 Å². The van der Waals surface area contributed by atoms with E-state index in [1.807, 2.05) is 13.0 Å². The Morgan fingerprint density at radius 2 is 1.93 bits per heavy atom. The molecule has 3 aromatic heterocycles. The molecule has 3 rings (SSSR count). The largest absolute Gasteiger partial charge is 0.455 e. The summed E-state index contributed by atoms with van der Waals surface area (Å²) < 4.78 is 66.9. The number of alkyl halides is 5. The Morgan fingerprint density at radius 1 is 1.20 bits per heavy atom. The highest BCUT2D eigenvalue weighted by atomic mass is 32.2. The molecule has 0 atom stereocenters. The van der Waals surface area contributed by atoms with Crippen LogP contribution in [0.4, 0.5) is 22.0 Å². The van der Waals surface area contributed by atoms with Crippen molar-refractivity contribution in [1.29, 1.82) is 0 Å². The summed E-state index contributed by atoms with van der Waals surface area (Å²) in [5.41, 5.74) is -0.101. The van der Waals surface area contributed by atoms with Gasteiger partial charge in [0, 0.05) is 22.2 Å². The van der Waals surface area contributed by atoms with E-state index in [4.69, 9.17) is 4.84 Å². The van der Waals surface area contributed by atoms with Crippen LogP contribution in [0.3, 0.4) is 0 Å². The van der Waals surface area contributed by atoms with Gasteiger partial charge in [-0.15, -0.1) is 11.8 Å². The van der Waals surface area contributed by atoms with Crippen molar-refractivity contribution in [3.8, 4) is 11.4 Å². The van der Waals surface area contributed by atoms with Crippen LogP contribution in [0.5, 0.6) is 0 Å². The zero-order valence-electron chi connectivity index (χ0n) is 15.9. The fourth-order valence-electron chi connectivity index (χ4n) is 2.91. The zero-order chi connectivity index (χ0) is 22.1. The Kier molecular flexibility index (Phi) is 6.02. The van der Waals surface area contributed by atoms with Gasteiger partial charge in [-0.05, 0) is 24.0 Å². The summed E-state index contributed by atoms with van der Waals surface area (Å²) in [5, 5.41) is 0.288. The molecule has 0 N–H and O–H groups in total. The van der Waals surface area contributed by atoms with E-state index >= 15 is 0 Å². The first-order valence-corrected chi connectivity index (χ1v) is 9.74. The first-order valence-electron chi connectivity index (χ1n) is 8.75. The number of halogens is 5. The quantitative estimate of drug-likeness (QED) is 0.329. The fraction of sp³-hybridized carbons (Fsp3) is 0.316. The highest BCUT2D eigenvalue weighted by Gasteiger charge is 2.57. The second-order valence-corrected chi connectivity index (χ2v) is 7.56. The highest BCUT2D eigenvalue weighted by molar-refractivity contribution is 7.99. The third-order valence-corrected chi connectivity index (χ3v) is 5.24. The van der Waals surface area contributed by atoms with Gasteiger partial charge < -0.3 is 4.57 Å². The van der Waals surface area contributed by atoms with E-state index in [-0.39, 0.29) is 10.9 Å². The molecule has 0 amide bonds.